The molecule has 1 amide bonds. The number of nitrogens with one attached hydrogen (secondary N) is 1. The van der Waals surface area contributed by atoms with Crippen molar-refractivity contribution >= 4 is 23.5 Å². The van der Waals surface area contributed by atoms with Crippen LogP contribution >= 0.6 is 0 Å². The maximum atomic E-state index is 12.0. The Balaban J connectivity index is 1.69. The van der Waals surface area contributed by atoms with Crippen molar-refractivity contribution in [1.82, 2.24) is 5.32 Å². The van der Waals surface area contributed by atoms with E-state index >= 15 is 0 Å². The summed E-state index contributed by atoms with van der Waals surface area (Å²) in [5.41, 5.74) is 2.42. The Bertz CT molecular complexity index is 778. The maximum Gasteiger partial charge on any atom is 0.275 e. The summed E-state index contributed by atoms with van der Waals surface area (Å²) in [5.74, 6) is 1.05. The topological polar surface area (TPSA) is 53.9 Å². The number of amides is 1. The fraction of sp³-hybridized carbons (Fsp3) is 0.158. The molecule has 122 valence electrons. The van der Waals surface area contributed by atoms with Crippen molar-refractivity contribution in [3.05, 3.63) is 65.9 Å². The normalized spacial score (nSPS) is 15.2. The molecule has 24 heavy (non-hydrogen) atoms. The third-order valence-electron chi connectivity index (χ3n) is 3.58. The van der Waals surface area contributed by atoms with E-state index < -0.39 is 0 Å². The molecule has 1 aliphatic heterocycles. The van der Waals surface area contributed by atoms with Crippen molar-refractivity contribution < 1.29 is 9.53 Å². The number of carbonyl (C=O) groups is 1. The SMILES string of the molecule is CN(C)c1ccc(/C=C2/N=C(COc3ccccc3)NC2=O)cc1. The fourth-order valence-corrected chi connectivity index (χ4v) is 2.28. The van der Waals surface area contributed by atoms with Crippen LogP contribution in [0, 0.1) is 0 Å². The first-order valence-corrected chi connectivity index (χ1v) is 7.68. The van der Waals surface area contributed by atoms with E-state index in [4.69, 9.17) is 4.74 Å². The van der Waals surface area contributed by atoms with Gasteiger partial charge in [0.15, 0.2) is 0 Å². The molecular weight excluding hydrogens is 302 g/mol. The maximum absolute atomic E-state index is 12.0. The predicted octanol–water partition coefficient (Wildman–Crippen LogP) is 2.70. The fourth-order valence-electron chi connectivity index (χ4n) is 2.28. The van der Waals surface area contributed by atoms with E-state index in [0.29, 0.717) is 11.5 Å². The Morgan fingerprint density at radius 3 is 2.46 bits per heavy atom. The van der Waals surface area contributed by atoms with Gasteiger partial charge in [0.25, 0.3) is 5.91 Å². The van der Waals surface area contributed by atoms with Gasteiger partial charge in [0.05, 0.1) is 0 Å². The highest BCUT2D eigenvalue weighted by Gasteiger charge is 2.20. The Morgan fingerprint density at radius 2 is 1.79 bits per heavy atom. The molecule has 0 saturated carbocycles. The Hall–Kier alpha value is -3.08. The van der Waals surface area contributed by atoms with E-state index in [1.807, 2.05) is 73.6 Å². The van der Waals surface area contributed by atoms with Crippen LogP contribution in [0.5, 0.6) is 5.75 Å². The summed E-state index contributed by atoms with van der Waals surface area (Å²) in [6.45, 7) is 0.229. The van der Waals surface area contributed by atoms with Crippen molar-refractivity contribution in [3.63, 3.8) is 0 Å². The van der Waals surface area contributed by atoms with Gasteiger partial charge in [0.2, 0.25) is 0 Å². The molecule has 0 bridgehead atoms. The molecule has 5 nitrogen and oxygen atoms in total. The molecular formula is C19H19N3O2. The number of aliphatic imine (C=N–C) groups is 1. The second-order valence-corrected chi connectivity index (χ2v) is 5.63. The predicted molar refractivity (Wildman–Crippen MR) is 96.3 cm³/mol. The van der Waals surface area contributed by atoms with Gasteiger partial charge in [0.1, 0.15) is 23.9 Å². The number of carbonyl (C=O) groups excluding carboxylic acids is 1. The molecule has 1 heterocycles. The number of benzene rings is 2. The first-order valence-electron chi connectivity index (χ1n) is 7.68. The van der Waals surface area contributed by atoms with Crippen LogP contribution in [0.2, 0.25) is 0 Å². The van der Waals surface area contributed by atoms with Crippen molar-refractivity contribution in [2.45, 2.75) is 0 Å². The zero-order valence-electron chi connectivity index (χ0n) is 13.7. The zero-order chi connectivity index (χ0) is 16.9. The second-order valence-electron chi connectivity index (χ2n) is 5.63. The number of hydrogen-bond acceptors (Lipinski definition) is 4. The minimum Gasteiger partial charge on any atom is -0.486 e. The molecule has 0 fully saturated rings. The van der Waals surface area contributed by atoms with Gasteiger partial charge >= 0.3 is 0 Å². The number of hydrogen-bond donors (Lipinski definition) is 1. The molecule has 5 heteroatoms. The van der Waals surface area contributed by atoms with Gasteiger partial charge in [-0.05, 0) is 35.9 Å². The summed E-state index contributed by atoms with van der Waals surface area (Å²) in [6.07, 6.45) is 1.77. The van der Waals surface area contributed by atoms with E-state index in [2.05, 4.69) is 10.3 Å². The summed E-state index contributed by atoms with van der Waals surface area (Å²) in [6, 6.07) is 17.4. The Morgan fingerprint density at radius 1 is 1.08 bits per heavy atom. The molecule has 0 spiro atoms. The van der Waals surface area contributed by atoms with Crippen LogP contribution in [-0.4, -0.2) is 32.4 Å². The minimum atomic E-state index is -0.210. The lowest BCUT2D eigenvalue weighted by molar-refractivity contribution is -0.115. The van der Waals surface area contributed by atoms with E-state index in [9.17, 15) is 4.79 Å². The van der Waals surface area contributed by atoms with Crippen LogP contribution in [0.1, 0.15) is 5.56 Å². The Kier molecular flexibility index (Phi) is 4.61. The zero-order valence-corrected chi connectivity index (χ0v) is 13.7. The monoisotopic (exact) mass is 321 g/mol. The quantitative estimate of drug-likeness (QED) is 0.862. The molecule has 0 unspecified atom stereocenters. The van der Waals surface area contributed by atoms with Gasteiger partial charge in [-0.15, -0.1) is 0 Å². The molecule has 2 aromatic carbocycles. The molecule has 0 atom stereocenters. The smallest absolute Gasteiger partial charge is 0.275 e. The van der Waals surface area contributed by atoms with Gasteiger partial charge in [-0.1, -0.05) is 30.3 Å². The first kappa shape index (κ1) is 15.8. The van der Waals surface area contributed by atoms with Gasteiger partial charge in [-0.2, -0.15) is 0 Å². The Labute approximate surface area is 141 Å². The van der Waals surface area contributed by atoms with Gasteiger partial charge < -0.3 is 15.0 Å². The number of amidine groups is 1. The molecule has 1 aliphatic rings. The second kappa shape index (κ2) is 7.00. The molecule has 0 radical (unpaired) electrons. The lowest BCUT2D eigenvalue weighted by atomic mass is 10.1. The summed E-state index contributed by atoms with van der Waals surface area (Å²) < 4.78 is 5.60. The highest BCUT2D eigenvalue weighted by molar-refractivity contribution is 6.14. The van der Waals surface area contributed by atoms with E-state index in [0.717, 1.165) is 17.0 Å². The van der Waals surface area contributed by atoms with Crippen molar-refractivity contribution in [3.8, 4) is 5.75 Å². The van der Waals surface area contributed by atoms with Crippen LogP contribution in [-0.2, 0) is 4.79 Å². The summed E-state index contributed by atoms with van der Waals surface area (Å²) in [5, 5.41) is 2.73. The molecule has 0 aliphatic carbocycles. The van der Waals surface area contributed by atoms with Crippen LogP contribution in [0.4, 0.5) is 5.69 Å². The van der Waals surface area contributed by atoms with Gasteiger partial charge in [-0.25, -0.2) is 4.99 Å². The van der Waals surface area contributed by atoms with Crippen LogP contribution < -0.4 is 15.0 Å². The molecule has 0 aromatic heterocycles. The highest BCUT2D eigenvalue weighted by atomic mass is 16.5. The van der Waals surface area contributed by atoms with E-state index in [1.54, 1.807) is 6.08 Å². The standard InChI is InChI=1S/C19H19N3O2/c1-22(2)15-10-8-14(9-11-15)12-17-19(23)21-18(20-17)13-24-16-6-4-3-5-7-16/h3-12H,13H2,1-2H3,(H,20,21,23)/b17-12+. The largest absolute Gasteiger partial charge is 0.486 e. The molecule has 2 aromatic rings. The third-order valence-corrected chi connectivity index (χ3v) is 3.58. The molecule has 3 rings (SSSR count). The number of para-hydroxylation sites is 1. The van der Waals surface area contributed by atoms with Crippen molar-refractivity contribution in [2.75, 3.05) is 25.6 Å². The van der Waals surface area contributed by atoms with Crippen molar-refractivity contribution in [2.24, 2.45) is 4.99 Å². The summed E-state index contributed by atoms with van der Waals surface area (Å²) >= 11 is 0. The average molecular weight is 321 g/mol. The third kappa shape index (κ3) is 3.81. The number of anilines is 1. The highest BCUT2D eigenvalue weighted by Crippen LogP contribution is 2.17. The van der Waals surface area contributed by atoms with E-state index in [1.165, 1.54) is 0 Å². The summed E-state index contributed by atoms with van der Waals surface area (Å²) in [7, 11) is 3.97. The number of rotatable bonds is 5. The summed E-state index contributed by atoms with van der Waals surface area (Å²) in [4.78, 5) is 18.4. The average Bonchev–Trinajstić information content (AvgIpc) is 2.94. The van der Waals surface area contributed by atoms with Crippen LogP contribution in [0.25, 0.3) is 6.08 Å². The van der Waals surface area contributed by atoms with Crippen LogP contribution in [0.3, 0.4) is 0 Å². The molecule has 0 saturated heterocycles. The lowest BCUT2D eigenvalue weighted by Crippen LogP contribution is -2.28. The van der Waals surface area contributed by atoms with E-state index in [-0.39, 0.29) is 12.5 Å². The first-order chi connectivity index (χ1) is 11.6. The minimum absolute atomic E-state index is 0.210. The number of nitrogens with zero attached hydrogens (tertiary/aromatic N) is 2. The van der Waals surface area contributed by atoms with Gasteiger partial charge in [0, 0.05) is 19.8 Å². The van der Waals surface area contributed by atoms with Crippen LogP contribution in [0.15, 0.2) is 65.3 Å². The van der Waals surface area contributed by atoms with Crippen molar-refractivity contribution in [1.29, 1.82) is 0 Å². The lowest BCUT2D eigenvalue weighted by Gasteiger charge is -2.11. The number of ether oxygens (including phenoxy) is 1. The molecule has 1 N–H and O–H groups in total. The van der Waals surface area contributed by atoms with Gasteiger partial charge in [-0.3, -0.25) is 4.79 Å².